The van der Waals surface area contributed by atoms with Crippen LogP contribution in [0.1, 0.15) is 50.2 Å². The van der Waals surface area contributed by atoms with Crippen molar-refractivity contribution in [3.63, 3.8) is 0 Å². The third kappa shape index (κ3) is 2.34. The highest BCUT2D eigenvalue weighted by molar-refractivity contribution is 7.14. The van der Waals surface area contributed by atoms with E-state index in [1.165, 1.54) is 12.8 Å². The molecular weight excluding hydrogens is 240 g/mol. The van der Waals surface area contributed by atoms with E-state index in [1.54, 1.807) is 0 Å². The van der Waals surface area contributed by atoms with Crippen LogP contribution >= 0.6 is 11.3 Å². The zero-order chi connectivity index (χ0) is 12.6. The number of carboxylic acids is 2. The summed E-state index contributed by atoms with van der Waals surface area (Å²) in [7, 11) is 0. The smallest absolute Gasteiger partial charge is 0.346 e. The van der Waals surface area contributed by atoms with Crippen molar-refractivity contribution in [1.29, 1.82) is 0 Å². The van der Waals surface area contributed by atoms with Crippen molar-refractivity contribution in [3.8, 4) is 0 Å². The van der Waals surface area contributed by atoms with Gasteiger partial charge in [-0.3, -0.25) is 0 Å². The van der Waals surface area contributed by atoms with Crippen molar-refractivity contribution in [2.75, 3.05) is 0 Å². The molecule has 2 rings (SSSR count). The standard InChI is InChI=1S/C12H14O4S/c1-2-7-8(5-6-3-4-6)17-10(12(15)16)9(7)11(13)14/h6H,2-5H2,1H3,(H,13,14)(H,15,16). The molecule has 0 saturated heterocycles. The minimum absolute atomic E-state index is 0.000602. The molecule has 92 valence electrons. The van der Waals surface area contributed by atoms with Gasteiger partial charge in [-0.25, -0.2) is 9.59 Å². The zero-order valence-corrected chi connectivity index (χ0v) is 10.3. The van der Waals surface area contributed by atoms with Crippen molar-refractivity contribution in [3.05, 3.63) is 20.9 Å². The van der Waals surface area contributed by atoms with E-state index >= 15 is 0 Å². The molecule has 17 heavy (non-hydrogen) atoms. The first-order valence-electron chi connectivity index (χ1n) is 5.65. The van der Waals surface area contributed by atoms with Crippen molar-refractivity contribution in [1.82, 2.24) is 0 Å². The van der Waals surface area contributed by atoms with Gasteiger partial charge in [-0.2, -0.15) is 0 Å². The molecule has 0 aliphatic heterocycles. The van der Waals surface area contributed by atoms with Crippen LogP contribution in [0.25, 0.3) is 0 Å². The summed E-state index contributed by atoms with van der Waals surface area (Å²) in [6.07, 6.45) is 3.76. The molecule has 1 aliphatic rings. The van der Waals surface area contributed by atoms with Crippen molar-refractivity contribution >= 4 is 23.3 Å². The first-order chi connectivity index (χ1) is 8.04. The molecule has 0 radical (unpaired) electrons. The number of hydrogen-bond acceptors (Lipinski definition) is 3. The number of aromatic carboxylic acids is 2. The van der Waals surface area contributed by atoms with Crippen LogP contribution in [0.5, 0.6) is 0 Å². The number of carbonyl (C=O) groups is 2. The Morgan fingerprint density at radius 1 is 1.29 bits per heavy atom. The molecule has 0 aromatic carbocycles. The van der Waals surface area contributed by atoms with Gasteiger partial charge in [-0.1, -0.05) is 6.92 Å². The van der Waals surface area contributed by atoms with Crippen LogP contribution in [0.15, 0.2) is 0 Å². The van der Waals surface area contributed by atoms with Gasteiger partial charge in [0.05, 0.1) is 5.56 Å². The topological polar surface area (TPSA) is 74.6 Å². The third-order valence-electron chi connectivity index (χ3n) is 3.02. The quantitative estimate of drug-likeness (QED) is 0.847. The van der Waals surface area contributed by atoms with Crippen LogP contribution in [-0.2, 0) is 12.8 Å². The van der Waals surface area contributed by atoms with Crippen LogP contribution in [0, 0.1) is 5.92 Å². The van der Waals surface area contributed by atoms with E-state index in [2.05, 4.69) is 0 Å². The molecular formula is C12H14O4S. The molecule has 0 bridgehead atoms. The molecule has 1 heterocycles. The molecule has 1 aliphatic carbocycles. The van der Waals surface area contributed by atoms with Gasteiger partial charge in [0, 0.05) is 4.88 Å². The lowest BCUT2D eigenvalue weighted by Gasteiger charge is -2.01. The van der Waals surface area contributed by atoms with Crippen LogP contribution in [0.4, 0.5) is 0 Å². The third-order valence-corrected chi connectivity index (χ3v) is 4.27. The maximum Gasteiger partial charge on any atom is 0.346 e. The minimum Gasteiger partial charge on any atom is -0.478 e. The van der Waals surface area contributed by atoms with Crippen molar-refractivity contribution in [2.45, 2.75) is 32.6 Å². The van der Waals surface area contributed by atoms with Gasteiger partial charge in [0.2, 0.25) is 0 Å². The second-order valence-electron chi connectivity index (χ2n) is 4.32. The van der Waals surface area contributed by atoms with Crippen molar-refractivity contribution in [2.24, 2.45) is 5.92 Å². The van der Waals surface area contributed by atoms with E-state index in [9.17, 15) is 9.59 Å². The van der Waals surface area contributed by atoms with Gasteiger partial charge in [-0.15, -0.1) is 11.3 Å². The average Bonchev–Trinajstić information content (AvgIpc) is 2.96. The van der Waals surface area contributed by atoms with E-state index < -0.39 is 11.9 Å². The summed E-state index contributed by atoms with van der Waals surface area (Å²) in [5.74, 6) is -1.64. The number of hydrogen-bond donors (Lipinski definition) is 2. The molecule has 4 nitrogen and oxygen atoms in total. The second kappa shape index (κ2) is 4.49. The van der Waals surface area contributed by atoms with Gasteiger partial charge in [0.1, 0.15) is 4.88 Å². The average molecular weight is 254 g/mol. The van der Waals surface area contributed by atoms with Gasteiger partial charge in [0.25, 0.3) is 0 Å². The van der Waals surface area contributed by atoms with Crippen LogP contribution in [0.3, 0.4) is 0 Å². The molecule has 1 fully saturated rings. The van der Waals surface area contributed by atoms with E-state index in [-0.39, 0.29) is 10.4 Å². The zero-order valence-electron chi connectivity index (χ0n) is 9.52. The molecule has 0 unspecified atom stereocenters. The fourth-order valence-electron chi connectivity index (χ4n) is 2.01. The Kier molecular flexibility index (Phi) is 3.19. The normalized spacial score (nSPS) is 14.9. The lowest BCUT2D eigenvalue weighted by Crippen LogP contribution is -2.06. The summed E-state index contributed by atoms with van der Waals surface area (Å²) in [5, 5.41) is 18.2. The first-order valence-corrected chi connectivity index (χ1v) is 6.47. The van der Waals surface area contributed by atoms with Gasteiger partial charge in [0.15, 0.2) is 0 Å². The lowest BCUT2D eigenvalue weighted by molar-refractivity contribution is 0.0655. The lowest BCUT2D eigenvalue weighted by atomic mass is 10.0. The Morgan fingerprint density at radius 2 is 1.94 bits per heavy atom. The number of rotatable bonds is 5. The molecule has 0 amide bonds. The Bertz CT molecular complexity index is 471. The number of carboxylic acid groups (broad SMARTS) is 2. The Hall–Kier alpha value is -1.36. The van der Waals surface area contributed by atoms with Crippen LogP contribution in [-0.4, -0.2) is 22.2 Å². The second-order valence-corrected chi connectivity index (χ2v) is 5.42. The highest BCUT2D eigenvalue weighted by Gasteiger charge is 2.29. The number of thiophene rings is 1. The monoisotopic (exact) mass is 254 g/mol. The highest BCUT2D eigenvalue weighted by Crippen LogP contribution is 2.38. The predicted molar refractivity (Wildman–Crippen MR) is 64.0 cm³/mol. The fourth-order valence-corrected chi connectivity index (χ4v) is 3.35. The molecule has 2 N–H and O–H groups in total. The summed E-state index contributed by atoms with van der Waals surface area (Å²) < 4.78 is 0. The summed E-state index contributed by atoms with van der Waals surface area (Å²) in [6.45, 7) is 1.87. The molecule has 1 aromatic heterocycles. The van der Waals surface area contributed by atoms with Crippen LogP contribution < -0.4 is 0 Å². The summed E-state index contributed by atoms with van der Waals surface area (Å²) >= 11 is 1.14. The minimum atomic E-state index is -1.14. The molecule has 1 saturated carbocycles. The Labute approximate surface area is 103 Å². The van der Waals surface area contributed by atoms with E-state index in [0.29, 0.717) is 17.9 Å². The fraction of sp³-hybridized carbons (Fsp3) is 0.500. The van der Waals surface area contributed by atoms with Crippen LogP contribution in [0.2, 0.25) is 0 Å². The molecule has 5 heteroatoms. The summed E-state index contributed by atoms with van der Waals surface area (Å²) in [4.78, 5) is 23.1. The van der Waals surface area contributed by atoms with Gasteiger partial charge >= 0.3 is 11.9 Å². The highest BCUT2D eigenvalue weighted by atomic mass is 32.1. The SMILES string of the molecule is CCc1c(CC2CC2)sc(C(=O)O)c1C(=O)O. The first kappa shape index (κ1) is 12.1. The molecule has 1 aromatic rings. The van der Waals surface area contributed by atoms with Gasteiger partial charge in [-0.05, 0) is 37.2 Å². The van der Waals surface area contributed by atoms with E-state index in [0.717, 1.165) is 22.6 Å². The Balaban J connectivity index is 2.47. The predicted octanol–water partition coefficient (Wildman–Crippen LogP) is 2.66. The van der Waals surface area contributed by atoms with E-state index in [1.807, 2.05) is 6.92 Å². The largest absolute Gasteiger partial charge is 0.478 e. The molecule has 0 atom stereocenters. The Morgan fingerprint density at radius 3 is 2.35 bits per heavy atom. The summed E-state index contributed by atoms with van der Waals surface area (Å²) in [6, 6.07) is 0. The summed E-state index contributed by atoms with van der Waals surface area (Å²) in [5.41, 5.74) is 0.715. The maximum atomic E-state index is 11.2. The van der Waals surface area contributed by atoms with E-state index in [4.69, 9.17) is 10.2 Å². The van der Waals surface area contributed by atoms with Crippen molar-refractivity contribution < 1.29 is 19.8 Å². The molecule has 0 spiro atoms. The van der Waals surface area contributed by atoms with Gasteiger partial charge < -0.3 is 10.2 Å². The maximum absolute atomic E-state index is 11.2.